The number of carbonyl (C=O) groups excluding carboxylic acids is 2. The first-order valence-electron chi connectivity index (χ1n) is 6.90. The summed E-state index contributed by atoms with van der Waals surface area (Å²) in [5.41, 5.74) is 6.73. The molecule has 0 spiro atoms. The molecule has 2 N–H and O–H groups in total. The molecule has 0 saturated heterocycles. The minimum Gasteiger partial charge on any atom is -0.273 e. The van der Waals surface area contributed by atoms with E-state index >= 15 is 0 Å². The van der Waals surface area contributed by atoms with Crippen molar-refractivity contribution in [2.75, 3.05) is 0 Å². The Kier molecular flexibility index (Phi) is 4.55. The van der Waals surface area contributed by atoms with Gasteiger partial charge >= 0.3 is 0 Å². The molecular formula is C15H20N2O2. The van der Waals surface area contributed by atoms with Crippen LogP contribution in [0.1, 0.15) is 48.5 Å². The Bertz CT molecular complexity index is 448. The number of carbonyl (C=O) groups is 2. The van der Waals surface area contributed by atoms with Crippen LogP contribution in [0.2, 0.25) is 0 Å². The molecule has 1 aromatic carbocycles. The van der Waals surface area contributed by atoms with Gasteiger partial charge in [-0.05, 0) is 37.0 Å². The molecule has 0 radical (unpaired) electrons. The summed E-state index contributed by atoms with van der Waals surface area (Å²) in [5, 5.41) is 0. The van der Waals surface area contributed by atoms with Crippen LogP contribution in [0.3, 0.4) is 0 Å². The third-order valence-corrected chi connectivity index (χ3v) is 3.65. The Morgan fingerprint density at radius 2 is 1.74 bits per heavy atom. The van der Waals surface area contributed by atoms with E-state index in [2.05, 4.69) is 17.8 Å². The van der Waals surface area contributed by atoms with Crippen LogP contribution in [-0.4, -0.2) is 11.8 Å². The Labute approximate surface area is 113 Å². The first kappa shape index (κ1) is 13.6. The first-order chi connectivity index (χ1) is 9.20. The lowest BCUT2D eigenvalue weighted by Gasteiger charge is -2.11. The maximum Gasteiger partial charge on any atom is 0.269 e. The van der Waals surface area contributed by atoms with Gasteiger partial charge in [-0.3, -0.25) is 20.4 Å². The van der Waals surface area contributed by atoms with E-state index in [-0.39, 0.29) is 17.7 Å². The topological polar surface area (TPSA) is 58.2 Å². The molecule has 1 aliphatic carbocycles. The van der Waals surface area contributed by atoms with E-state index in [1.54, 1.807) is 12.1 Å². The fourth-order valence-corrected chi connectivity index (χ4v) is 2.37. The molecule has 102 valence electrons. The second kappa shape index (κ2) is 6.36. The van der Waals surface area contributed by atoms with Gasteiger partial charge in [-0.1, -0.05) is 31.9 Å². The van der Waals surface area contributed by atoms with E-state index in [1.165, 1.54) is 5.56 Å². The van der Waals surface area contributed by atoms with Crippen LogP contribution in [0.25, 0.3) is 0 Å². The molecule has 1 fully saturated rings. The van der Waals surface area contributed by atoms with Gasteiger partial charge in [0.05, 0.1) is 0 Å². The standard InChI is InChI=1S/C15H20N2O2/c1-2-11-7-9-13(10-8-11)15(19)17-16-14(18)12-5-3-4-6-12/h7-10,12H,2-6H2,1H3,(H,16,18)(H,17,19). The molecule has 1 saturated carbocycles. The van der Waals surface area contributed by atoms with Gasteiger partial charge in [0, 0.05) is 11.5 Å². The van der Waals surface area contributed by atoms with Crippen molar-refractivity contribution in [2.24, 2.45) is 5.92 Å². The van der Waals surface area contributed by atoms with Crippen molar-refractivity contribution in [2.45, 2.75) is 39.0 Å². The van der Waals surface area contributed by atoms with E-state index in [9.17, 15) is 9.59 Å². The summed E-state index contributed by atoms with van der Waals surface area (Å²) >= 11 is 0. The summed E-state index contributed by atoms with van der Waals surface area (Å²) in [7, 11) is 0. The fraction of sp³-hybridized carbons (Fsp3) is 0.467. The molecule has 1 aliphatic rings. The molecule has 0 atom stereocenters. The lowest BCUT2D eigenvalue weighted by molar-refractivity contribution is -0.125. The lowest BCUT2D eigenvalue weighted by atomic mass is 10.1. The van der Waals surface area contributed by atoms with E-state index in [1.807, 2.05) is 12.1 Å². The van der Waals surface area contributed by atoms with E-state index < -0.39 is 0 Å². The highest BCUT2D eigenvalue weighted by molar-refractivity contribution is 5.95. The fourth-order valence-electron chi connectivity index (χ4n) is 2.37. The SMILES string of the molecule is CCc1ccc(C(=O)NNC(=O)C2CCCC2)cc1. The van der Waals surface area contributed by atoms with Crippen LogP contribution in [-0.2, 0) is 11.2 Å². The molecule has 0 bridgehead atoms. The third kappa shape index (κ3) is 3.56. The minimum atomic E-state index is -0.269. The maximum absolute atomic E-state index is 11.8. The van der Waals surface area contributed by atoms with Crippen molar-refractivity contribution in [1.82, 2.24) is 10.9 Å². The highest BCUT2D eigenvalue weighted by atomic mass is 16.2. The van der Waals surface area contributed by atoms with Crippen molar-refractivity contribution >= 4 is 11.8 Å². The van der Waals surface area contributed by atoms with Crippen LogP contribution in [0, 0.1) is 5.92 Å². The van der Waals surface area contributed by atoms with E-state index in [0.717, 1.165) is 32.1 Å². The van der Waals surface area contributed by atoms with Gasteiger partial charge in [0.25, 0.3) is 5.91 Å². The van der Waals surface area contributed by atoms with Gasteiger partial charge in [0.2, 0.25) is 5.91 Å². The van der Waals surface area contributed by atoms with Gasteiger partial charge in [-0.25, -0.2) is 0 Å². The number of rotatable bonds is 3. The van der Waals surface area contributed by atoms with Gasteiger partial charge in [0.15, 0.2) is 0 Å². The van der Waals surface area contributed by atoms with E-state index in [4.69, 9.17) is 0 Å². The average Bonchev–Trinajstić information content (AvgIpc) is 2.98. The summed E-state index contributed by atoms with van der Waals surface area (Å²) in [6, 6.07) is 7.40. The number of nitrogens with one attached hydrogen (secondary N) is 2. The van der Waals surface area contributed by atoms with Gasteiger partial charge in [-0.2, -0.15) is 0 Å². The molecule has 0 heterocycles. The number of benzene rings is 1. The summed E-state index contributed by atoms with van der Waals surface area (Å²) in [6.07, 6.45) is 5.00. The van der Waals surface area contributed by atoms with Crippen LogP contribution < -0.4 is 10.9 Å². The monoisotopic (exact) mass is 260 g/mol. The highest BCUT2D eigenvalue weighted by Crippen LogP contribution is 2.24. The van der Waals surface area contributed by atoms with Gasteiger partial charge < -0.3 is 0 Å². The van der Waals surface area contributed by atoms with Gasteiger partial charge in [-0.15, -0.1) is 0 Å². The summed E-state index contributed by atoms with van der Waals surface area (Å²) < 4.78 is 0. The normalized spacial score (nSPS) is 15.2. The smallest absolute Gasteiger partial charge is 0.269 e. The summed E-state index contributed by atoms with van der Waals surface area (Å²) in [5.74, 6) is -0.284. The summed E-state index contributed by atoms with van der Waals surface area (Å²) in [4.78, 5) is 23.6. The molecule has 2 amide bonds. The molecule has 2 rings (SSSR count). The Balaban J connectivity index is 1.84. The maximum atomic E-state index is 11.8. The second-order valence-corrected chi connectivity index (χ2v) is 4.98. The van der Waals surface area contributed by atoms with Crippen LogP contribution in [0.5, 0.6) is 0 Å². The molecule has 4 nitrogen and oxygen atoms in total. The number of amides is 2. The summed E-state index contributed by atoms with van der Waals surface area (Å²) in [6.45, 7) is 2.07. The largest absolute Gasteiger partial charge is 0.273 e. The minimum absolute atomic E-state index is 0.0581. The number of hydrogen-bond donors (Lipinski definition) is 2. The lowest BCUT2D eigenvalue weighted by Crippen LogP contribution is -2.44. The van der Waals surface area contributed by atoms with Crippen molar-refractivity contribution < 1.29 is 9.59 Å². The third-order valence-electron chi connectivity index (χ3n) is 3.65. The zero-order valence-electron chi connectivity index (χ0n) is 11.2. The predicted molar refractivity (Wildman–Crippen MR) is 73.4 cm³/mol. The first-order valence-corrected chi connectivity index (χ1v) is 6.90. The Morgan fingerprint density at radius 1 is 1.11 bits per heavy atom. The molecule has 19 heavy (non-hydrogen) atoms. The van der Waals surface area contributed by atoms with Crippen molar-refractivity contribution in [1.29, 1.82) is 0 Å². The number of hydrazine groups is 1. The molecule has 0 unspecified atom stereocenters. The van der Waals surface area contributed by atoms with Crippen molar-refractivity contribution in [3.63, 3.8) is 0 Å². The van der Waals surface area contributed by atoms with Crippen molar-refractivity contribution in [3.8, 4) is 0 Å². The number of aryl methyl sites for hydroxylation is 1. The Hall–Kier alpha value is -1.84. The zero-order chi connectivity index (χ0) is 13.7. The molecular weight excluding hydrogens is 240 g/mol. The van der Waals surface area contributed by atoms with Crippen LogP contribution in [0.15, 0.2) is 24.3 Å². The molecule has 0 aliphatic heterocycles. The van der Waals surface area contributed by atoms with E-state index in [0.29, 0.717) is 5.56 Å². The van der Waals surface area contributed by atoms with Crippen LogP contribution in [0.4, 0.5) is 0 Å². The second-order valence-electron chi connectivity index (χ2n) is 4.98. The average molecular weight is 260 g/mol. The quantitative estimate of drug-likeness (QED) is 0.819. The highest BCUT2D eigenvalue weighted by Gasteiger charge is 2.22. The number of hydrogen-bond acceptors (Lipinski definition) is 2. The Morgan fingerprint density at radius 3 is 2.32 bits per heavy atom. The molecule has 4 heteroatoms. The van der Waals surface area contributed by atoms with Crippen LogP contribution >= 0.6 is 0 Å². The predicted octanol–water partition coefficient (Wildman–Crippen LogP) is 2.20. The zero-order valence-corrected chi connectivity index (χ0v) is 11.2. The molecule has 0 aromatic heterocycles. The van der Waals surface area contributed by atoms with Gasteiger partial charge in [0.1, 0.15) is 0 Å². The molecule has 1 aromatic rings. The van der Waals surface area contributed by atoms with Crippen molar-refractivity contribution in [3.05, 3.63) is 35.4 Å².